The van der Waals surface area contributed by atoms with Crippen molar-refractivity contribution in [1.29, 1.82) is 0 Å². The molecular formula is C18H29N3. The zero-order valence-corrected chi connectivity index (χ0v) is 13.1. The molecule has 2 aliphatic carbocycles. The topological polar surface area (TPSA) is 42.1 Å². The molecule has 1 aromatic rings. The van der Waals surface area contributed by atoms with Gasteiger partial charge in [-0.1, -0.05) is 38.5 Å². The van der Waals surface area contributed by atoms with Gasteiger partial charge in [-0.2, -0.15) is 0 Å². The summed E-state index contributed by atoms with van der Waals surface area (Å²) in [7, 11) is 0. The highest BCUT2D eigenvalue weighted by Gasteiger charge is 2.28. The SMILES string of the molecule is Nc1ccc(CN(C2CCCCC2)C2CCCCC2)nc1. The van der Waals surface area contributed by atoms with Gasteiger partial charge in [0, 0.05) is 18.6 Å². The van der Waals surface area contributed by atoms with Gasteiger partial charge in [0.15, 0.2) is 0 Å². The molecule has 2 N–H and O–H groups in total. The van der Waals surface area contributed by atoms with Crippen LogP contribution in [-0.2, 0) is 6.54 Å². The number of nitrogen functional groups attached to an aromatic ring is 1. The van der Waals surface area contributed by atoms with Crippen molar-refractivity contribution in [3.8, 4) is 0 Å². The molecule has 2 fully saturated rings. The molecule has 0 saturated heterocycles. The average Bonchev–Trinajstić information content (AvgIpc) is 2.56. The number of hydrogen-bond acceptors (Lipinski definition) is 3. The highest BCUT2D eigenvalue weighted by atomic mass is 15.2. The number of hydrogen-bond donors (Lipinski definition) is 1. The van der Waals surface area contributed by atoms with E-state index in [1.807, 2.05) is 6.07 Å². The van der Waals surface area contributed by atoms with E-state index < -0.39 is 0 Å². The van der Waals surface area contributed by atoms with Gasteiger partial charge >= 0.3 is 0 Å². The fourth-order valence-corrected chi connectivity index (χ4v) is 4.10. The predicted molar refractivity (Wildman–Crippen MR) is 87.9 cm³/mol. The van der Waals surface area contributed by atoms with Gasteiger partial charge in [-0.05, 0) is 37.8 Å². The van der Waals surface area contributed by atoms with E-state index in [0.29, 0.717) is 0 Å². The van der Waals surface area contributed by atoms with Crippen LogP contribution in [0.3, 0.4) is 0 Å². The summed E-state index contributed by atoms with van der Waals surface area (Å²) in [6.07, 6.45) is 15.8. The van der Waals surface area contributed by atoms with E-state index in [2.05, 4.69) is 16.0 Å². The number of rotatable bonds is 4. The molecule has 0 bridgehead atoms. The van der Waals surface area contributed by atoms with Crippen LogP contribution < -0.4 is 5.73 Å². The minimum absolute atomic E-state index is 0.764. The third kappa shape index (κ3) is 3.97. The molecule has 3 heteroatoms. The molecule has 116 valence electrons. The van der Waals surface area contributed by atoms with E-state index in [4.69, 9.17) is 5.73 Å². The summed E-state index contributed by atoms with van der Waals surface area (Å²) in [5, 5.41) is 0. The molecule has 0 atom stereocenters. The Morgan fingerprint density at radius 3 is 1.95 bits per heavy atom. The van der Waals surface area contributed by atoms with Crippen LogP contribution in [0.2, 0.25) is 0 Å². The summed E-state index contributed by atoms with van der Waals surface area (Å²) < 4.78 is 0. The first-order valence-electron chi connectivity index (χ1n) is 8.79. The van der Waals surface area contributed by atoms with E-state index in [1.54, 1.807) is 6.20 Å². The smallest absolute Gasteiger partial charge is 0.0545 e. The summed E-state index contributed by atoms with van der Waals surface area (Å²) in [5.41, 5.74) is 7.71. The van der Waals surface area contributed by atoms with E-state index in [-0.39, 0.29) is 0 Å². The molecular weight excluding hydrogens is 258 g/mol. The molecule has 3 rings (SSSR count). The highest BCUT2D eigenvalue weighted by Crippen LogP contribution is 2.31. The molecule has 0 aliphatic heterocycles. The Kier molecular flexibility index (Phi) is 5.13. The molecule has 0 aromatic carbocycles. The first-order chi connectivity index (χ1) is 10.3. The van der Waals surface area contributed by atoms with Crippen molar-refractivity contribution in [2.75, 3.05) is 5.73 Å². The molecule has 0 amide bonds. The van der Waals surface area contributed by atoms with Crippen molar-refractivity contribution in [2.24, 2.45) is 0 Å². The molecule has 2 aliphatic rings. The van der Waals surface area contributed by atoms with Crippen LogP contribution in [0.1, 0.15) is 69.9 Å². The Hall–Kier alpha value is -1.09. The lowest BCUT2D eigenvalue weighted by atomic mass is 9.88. The van der Waals surface area contributed by atoms with Crippen molar-refractivity contribution in [3.05, 3.63) is 24.0 Å². The van der Waals surface area contributed by atoms with Gasteiger partial charge in [0.05, 0.1) is 17.6 Å². The van der Waals surface area contributed by atoms with Gasteiger partial charge in [0.2, 0.25) is 0 Å². The van der Waals surface area contributed by atoms with Gasteiger partial charge in [-0.15, -0.1) is 0 Å². The van der Waals surface area contributed by atoms with E-state index in [0.717, 1.165) is 24.3 Å². The van der Waals surface area contributed by atoms with Crippen LogP contribution in [0.15, 0.2) is 18.3 Å². The summed E-state index contributed by atoms with van der Waals surface area (Å²) >= 11 is 0. The first-order valence-corrected chi connectivity index (χ1v) is 8.79. The molecule has 2 saturated carbocycles. The number of anilines is 1. The van der Waals surface area contributed by atoms with Crippen molar-refractivity contribution in [3.63, 3.8) is 0 Å². The Bertz CT molecular complexity index is 399. The lowest BCUT2D eigenvalue weighted by Gasteiger charge is -2.41. The molecule has 0 radical (unpaired) electrons. The minimum Gasteiger partial charge on any atom is -0.397 e. The summed E-state index contributed by atoms with van der Waals surface area (Å²) in [4.78, 5) is 7.33. The summed E-state index contributed by atoms with van der Waals surface area (Å²) in [6, 6.07) is 5.65. The Morgan fingerprint density at radius 2 is 1.48 bits per heavy atom. The third-order valence-electron chi connectivity index (χ3n) is 5.28. The van der Waals surface area contributed by atoms with Crippen molar-refractivity contribution in [2.45, 2.75) is 82.8 Å². The van der Waals surface area contributed by atoms with Gasteiger partial charge < -0.3 is 5.73 Å². The molecule has 1 heterocycles. The lowest BCUT2D eigenvalue weighted by molar-refractivity contribution is 0.0719. The normalized spacial score (nSPS) is 21.8. The van der Waals surface area contributed by atoms with Crippen LogP contribution in [0.5, 0.6) is 0 Å². The maximum atomic E-state index is 5.77. The summed E-state index contributed by atoms with van der Waals surface area (Å²) in [5.74, 6) is 0. The second-order valence-electron chi connectivity index (χ2n) is 6.84. The maximum Gasteiger partial charge on any atom is 0.0545 e. The monoisotopic (exact) mass is 287 g/mol. The number of nitrogens with zero attached hydrogens (tertiary/aromatic N) is 2. The second kappa shape index (κ2) is 7.26. The van der Waals surface area contributed by atoms with Crippen molar-refractivity contribution >= 4 is 5.69 Å². The minimum atomic E-state index is 0.764. The van der Waals surface area contributed by atoms with Gasteiger partial charge in [-0.3, -0.25) is 9.88 Å². The van der Waals surface area contributed by atoms with Crippen LogP contribution in [0.4, 0.5) is 5.69 Å². The van der Waals surface area contributed by atoms with Crippen LogP contribution in [0.25, 0.3) is 0 Å². The quantitative estimate of drug-likeness (QED) is 0.905. The Labute approximate surface area is 128 Å². The Balaban J connectivity index is 1.72. The zero-order chi connectivity index (χ0) is 14.5. The van der Waals surface area contributed by atoms with Crippen molar-refractivity contribution < 1.29 is 0 Å². The Morgan fingerprint density at radius 1 is 0.905 bits per heavy atom. The van der Waals surface area contributed by atoms with Crippen molar-refractivity contribution in [1.82, 2.24) is 9.88 Å². The maximum absolute atomic E-state index is 5.77. The molecule has 0 unspecified atom stereocenters. The van der Waals surface area contributed by atoms with Gasteiger partial charge in [0.1, 0.15) is 0 Å². The summed E-state index contributed by atoms with van der Waals surface area (Å²) in [6.45, 7) is 1.01. The largest absolute Gasteiger partial charge is 0.397 e. The lowest BCUT2D eigenvalue weighted by Crippen LogP contribution is -2.44. The number of aromatic nitrogens is 1. The third-order valence-corrected chi connectivity index (χ3v) is 5.28. The van der Waals surface area contributed by atoms with Gasteiger partial charge in [0.25, 0.3) is 0 Å². The zero-order valence-electron chi connectivity index (χ0n) is 13.1. The predicted octanol–water partition coefficient (Wildman–Crippen LogP) is 4.13. The number of pyridine rings is 1. The molecule has 3 nitrogen and oxygen atoms in total. The average molecular weight is 287 g/mol. The van der Waals surface area contributed by atoms with E-state index in [9.17, 15) is 0 Å². The first kappa shape index (κ1) is 14.8. The molecule has 1 aromatic heterocycles. The van der Waals surface area contributed by atoms with Crippen LogP contribution >= 0.6 is 0 Å². The van der Waals surface area contributed by atoms with E-state index >= 15 is 0 Å². The highest BCUT2D eigenvalue weighted by molar-refractivity contribution is 5.34. The van der Waals surface area contributed by atoms with Crippen LogP contribution in [0, 0.1) is 0 Å². The fraction of sp³-hybridized carbons (Fsp3) is 0.722. The number of nitrogens with two attached hydrogens (primary N) is 1. The second-order valence-corrected chi connectivity index (χ2v) is 6.84. The standard InChI is InChI=1S/C18H29N3/c19-15-11-12-16(20-13-15)14-21(17-7-3-1-4-8-17)18-9-5-2-6-10-18/h11-13,17-18H,1-10,14,19H2. The van der Waals surface area contributed by atoms with Gasteiger partial charge in [-0.25, -0.2) is 0 Å². The van der Waals surface area contributed by atoms with Crippen LogP contribution in [-0.4, -0.2) is 22.0 Å². The fourth-order valence-electron chi connectivity index (χ4n) is 4.10. The van der Waals surface area contributed by atoms with E-state index in [1.165, 1.54) is 69.9 Å². The molecule has 21 heavy (non-hydrogen) atoms. The molecule has 0 spiro atoms.